The summed E-state index contributed by atoms with van der Waals surface area (Å²) in [5, 5.41) is 9.68. The zero-order valence-corrected chi connectivity index (χ0v) is 12.5. The number of allylic oxidation sites excluding steroid dienone is 2. The summed E-state index contributed by atoms with van der Waals surface area (Å²) in [6.45, 7) is 10.1. The lowest BCUT2D eigenvalue weighted by atomic mass is 9.98. The van der Waals surface area contributed by atoms with Gasteiger partial charge in [0.2, 0.25) is 0 Å². The molecule has 0 spiro atoms. The summed E-state index contributed by atoms with van der Waals surface area (Å²) in [7, 11) is -1.45. The van der Waals surface area contributed by atoms with Gasteiger partial charge >= 0.3 is 0 Å². The minimum Gasteiger partial charge on any atom is -0.379 e. The van der Waals surface area contributed by atoms with Gasteiger partial charge in [-0.3, -0.25) is 0 Å². The van der Waals surface area contributed by atoms with E-state index in [0.29, 0.717) is 0 Å². The van der Waals surface area contributed by atoms with Crippen molar-refractivity contribution in [2.45, 2.75) is 44.5 Å². The highest BCUT2D eigenvalue weighted by Gasteiger charge is 2.28. The smallest absolute Gasteiger partial charge is 0.129 e. The van der Waals surface area contributed by atoms with E-state index >= 15 is 0 Å². The van der Waals surface area contributed by atoms with Crippen LogP contribution >= 0.6 is 11.6 Å². The Morgan fingerprint density at radius 1 is 1.19 bits per heavy atom. The fourth-order valence-electron chi connectivity index (χ4n) is 1.15. The lowest BCUT2D eigenvalue weighted by Gasteiger charge is -2.22. The van der Waals surface area contributed by atoms with Crippen LogP contribution in [0.1, 0.15) is 13.8 Å². The first-order valence-electron chi connectivity index (χ1n) is 5.42. The molecule has 1 unspecified atom stereocenters. The fourth-order valence-corrected chi connectivity index (χ4v) is 2.02. The summed E-state index contributed by atoms with van der Waals surface area (Å²) < 4.78 is 0. The van der Waals surface area contributed by atoms with E-state index in [1.807, 2.05) is 13.8 Å². The highest BCUT2D eigenvalue weighted by atomic mass is 35.5. The van der Waals surface area contributed by atoms with Crippen molar-refractivity contribution >= 4 is 19.7 Å². The Labute approximate surface area is 105 Å². The number of hydrogen-bond donors (Lipinski definition) is 1. The molecule has 0 amide bonds. The minimum absolute atomic E-state index is 0.605. The quantitative estimate of drug-likeness (QED) is 0.355. The topological polar surface area (TPSA) is 20.2 Å². The average molecular weight is 257 g/mol. The van der Waals surface area contributed by atoms with Crippen molar-refractivity contribution in [1.29, 1.82) is 0 Å². The Bertz CT molecular complexity index is 316. The van der Waals surface area contributed by atoms with Gasteiger partial charge in [0.05, 0.1) is 0 Å². The first-order chi connectivity index (χ1) is 7.25. The highest BCUT2D eigenvalue weighted by molar-refractivity contribution is 6.83. The fraction of sp³-hybridized carbons (Fsp3) is 0.538. The van der Waals surface area contributed by atoms with E-state index in [4.69, 9.17) is 11.6 Å². The first-order valence-corrected chi connectivity index (χ1v) is 9.35. The molecule has 1 atom stereocenters. The molecule has 0 bridgehead atoms. The van der Waals surface area contributed by atoms with Gasteiger partial charge in [0.1, 0.15) is 19.1 Å². The third-order valence-corrected chi connectivity index (χ3v) is 3.20. The molecule has 0 saturated heterocycles. The van der Waals surface area contributed by atoms with Gasteiger partial charge in [-0.1, -0.05) is 49.9 Å². The van der Waals surface area contributed by atoms with Gasteiger partial charge in [-0.15, -0.1) is 17.1 Å². The van der Waals surface area contributed by atoms with E-state index in [-0.39, 0.29) is 0 Å². The molecule has 0 heterocycles. The van der Waals surface area contributed by atoms with E-state index in [1.54, 1.807) is 24.3 Å². The summed E-state index contributed by atoms with van der Waals surface area (Å²) in [6.07, 6.45) is 6.91. The standard InChI is InChI=1S/C13H21ClOSi/c1-6-9-13(15,10-7-2)12(14)8-11-16(3,4)5/h6-7,9-10,12,15H,1-5H3/b9-6+,10-7+. The van der Waals surface area contributed by atoms with Crippen LogP contribution in [0.25, 0.3) is 0 Å². The molecule has 1 nitrogen and oxygen atoms in total. The van der Waals surface area contributed by atoms with Crippen molar-refractivity contribution in [2.75, 3.05) is 0 Å². The molecule has 3 heteroatoms. The van der Waals surface area contributed by atoms with E-state index in [1.165, 1.54) is 0 Å². The van der Waals surface area contributed by atoms with Crippen LogP contribution in [0.15, 0.2) is 24.3 Å². The van der Waals surface area contributed by atoms with Gasteiger partial charge in [0.25, 0.3) is 0 Å². The third kappa shape index (κ3) is 5.55. The third-order valence-electron chi connectivity index (χ3n) is 1.85. The summed E-state index contributed by atoms with van der Waals surface area (Å²) in [6, 6.07) is 0. The van der Waals surface area contributed by atoms with Crippen LogP contribution in [-0.2, 0) is 0 Å². The monoisotopic (exact) mass is 256 g/mol. The maximum absolute atomic E-state index is 10.3. The van der Waals surface area contributed by atoms with Crippen LogP contribution in [0.3, 0.4) is 0 Å². The zero-order chi connectivity index (χ0) is 12.8. The summed E-state index contributed by atoms with van der Waals surface area (Å²) >= 11 is 6.15. The number of aliphatic hydroxyl groups is 1. The Morgan fingerprint density at radius 2 is 1.62 bits per heavy atom. The predicted molar refractivity (Wildman–Crippen MR) is 75.3 cm³/mol. The molecule has 0 aromatic heterocycles. The molecule has 1 N–H and O–H groups in total. The van der Waals surface area contributed by atoms with Crippen molar-refractivity contribution < 1.29 is 5.11 Å². The van der Waals surface area contributed by atoms with Gasteiger partial charge in [-0.25, -0.2) is 0 Å². The molecule has 90 valence electrons. The predicted octanol–water partition coefficient (Wildman–Crippen LogP) is 3.36. The summed E-state index contributed by atoms with van der Waals surface area (Å²) in [4.78, 5) is 0. The first kappa shape index (κ1) is 15.5. The van der Waals surface area contributed by atoms with Crippen molar-refractivity contribution in [2.24, 2.45) is 0 Å². The Balaban J connectivity index is 5.02. The molecule has 0 aliphatic rings. The lowest BCUT2D eigenvalue weighted by Crippen LogP contribution is -2.34. The van der Waals surface area contributed by atoms with Crippen LogP contribution in [0.2, 0.25) is 19.6 Å². The van der Waals surface area contributed by atoms with Crippen LogP contribution in [-0.4, -0.2) is 24.2 Å². The number of hydrogen-bond acceptors (Lipinski definition) is 1. The van der Waals surface area contributed by atoms with Gasteiger partial charge in [0.15, 0.2) is 0 Å². The van der Waals surface area contributed by atoms with Gasteiger partial charge in [-0.2, -0.15) is 0 Å². The molecular formula is C13H21ClOSi. The molecule has 0 aliphatic carbocycles. The molecule has 0 aromatic rings. The molecule has 0 saturated carbocycles. The van der Waals surface area contributed by atoms with Crippen molar-refractivity contribution in [1.82, 2.24) is 0 Å². The lowest BCUT2D eigenvalue weighted by molar-refractivity contribution is 0.151. The van der Waals surface area contributed by atoms with Gasteiger partial charge < -0.3 is 5.11 Å². The van der Waals surface area contributed by atoms with E-state index in [2.05, 4.69) is 31.1 Å². The normalized spacial score (nSPS) is 15.2. The van der Waals surface area contributed by atoms with Crippen LogP contribution in [0.4, 0.5) is 0 Å². The van der Waals surface area contributed by atoms with Crippen molar-refractivity contribution in [3.63, 3.8) is 0 Å². The molecule has 0 aliphatic heterocycles. The summed E-state index contributed by atoms with van der Waals surface area (Å²) in [5.41, 5.74) is 2.00. The van der Waals surface area contributed by atoms with E-state index in [9.17, 15) is 5.11 Å². The second kappa shape index (κ2) is 6.29. The Morgan fingerprint density at radius 3 is 1.94 bits per heavy atom. The Kier molecular flexibility index (Phi) is 6.10. The Hall–Kier alpha value is -0.493. The van der Waals surface area contributed by atoms with E-state index in [0.717, 1.165) is 0 Å². The average Bonchev–Trinajstić information content (AvgIpc) is 2.13. The molecule has 0 rings (SSSR count). The van der Waals surface area contributed by atoms with Crippen LogP contribution in [0.5, 0.6) is 0 Å². The highest BCUT2D eigenvalue weighted by Crippen LogP contribution is 2.20. The van der Waals surface area contributed by atoms with Crippen molar-refractivity contribution in [3.05, 3.63) is 24.3 Å². The maximum Gasteiger partial charge on any atom is 0.129 e. The van der Waals surface area contributed by atoms with Gasteiger partial charge in [-0.05, 0) is 13.8 Å². The number of halogens is 1. The molecule has 16 heavy (non-hydrogen) atoms. The maximum atomic E-state index is 10.3. The largest absolute Gasteiger partial charge is 0.379 e. The molecule has 0 radical (unpaired) electrons. The second-order valence-electron chi connectivity index (χ2n) is 4.77. The van der Waals surface area contributed by atoms with E-state index < -0.39 is 19.1 Å². The van der Waals surface area contributed by atoms with Crippen LogP contribution < -0.4 is 0 Å². The van der Waals surface area contributed by atoms with Crippen molar-refractivity contribution in [3.8, 4) is 11.5 Å². The number of alkyl halides is 1. The molecule has 0 fully saturated rings. The zero-order valence-electron chi connectivity index (χ0n) is 10.7. The van der Waals surface area contributed by atoms with Crippen LogP contribution in [0, 0.1) is 11.5 Å². The van der Waals surface area contributed by atoms with Gasteiger partial charge in [0, 0.05) is 0 Å². The summed E-state index contributed by atoms with van der Waals surface area (Å²) in [5.74, 6) is 2.96. The minimum atomic E-state index is -1.45. The molecule has 0 aromatic carbocycles. The molecular weight excluding hydrogens is 236 g/mol. The second-order valence-corrected chi connectivity index (χ2v) is 9.96. The number of rotatable bonds is 3. The SMILES string of the molecule is C/C=C/C(O)(/C=C/C)C(Cl)C#C[Si](C)(C)C.